The van der Waals surface area contributed by atoms with Crippen LogP contribution < -0.4 is 154 Å². The molecule has 0 aromatic rings. The molecule has 0 fully saturated rings. The van der Waals surface area contributed by atoms with Gasteiger partial charge in [0.15, 0.2) is 0 Å². The van der Waals surface area contributed by atoms with E-state index in [1.165, 1.54) is 6.92 Å². The van der Waals surface area contributed by atoms with E-state index in [2.05, 4.69) is 0 Å². The van der Waals surface area contributed by atoms with Crippen LogP contribution in [0.3, 0.4) is 0 Å². The molecule has 1 unspecified atom stereocenters. The van der Waals surface area contributed by atoms with Crippen molar-refractivity contribution in [3.8, 4) is 0 Å². The van der Waals surface area contributed by atoms with E-state index in [1.54, 1.807) is 0 Å². The van der Waals surface area contributed by atoms with E-state index in [1.807, 2.05) is 0 Å². The number of carbonyl (C=O) groups is 1. The van der Waals surface area contributed by atoms with Crippen molar-refractivity contribution in [3.63, 3.8) is 0 Å². The first-order valence-electron chi connectivity index (χ1n) is 1.55. The minimum absolute atomic E-state index is 0. The molecular weight excluding hydrogens is 201 g/mol. The van der Waals surface area contributed by atoms with Crippen molar-refractivity contribution >= 4 is 5.97 Å². The van der Waals surface area contributed by atoms with Crippen molar-refractivity contribution in [2.24, 2.45) is 0 Å². The second-order valence-corrected chi connectivity index (χ2v) is 1.01. The second-order valence-electron chi connectivity index (χ2n) is 1.01. The Morgan fingerprint density at radius 2 is 1.56 bits per heavy atom. The molecule has 3 nitrogen and oxygen atoms in total. The second kappa shape index (κ2) is 14.8. The fourth-order valence-electron chi connectivity index (χ4n) is 0. The number of hydrogen-bond donors (Lipinski definition) is 2. The summed E-state index contributed by atoms with van der Waals surface area (Å²) in [5.74, 6) is -1.19. The maximum atomic E-state index is 9.45. The quantitative estimate of drug-likeness (QED) is 0.423. The van der Waals surface area contributed by atoms with Gasteiger partial charge in [0.2, 0.25) is 0 Å². The summed E-state index contributed by atoms with van der Waals surface area (Å²) in [5.41, 5.74) is 0. The molecule has 0 radical (unpaired) electrons. The molecule has 0 aromatic heterocycles. The van der Waals surface area contributed by atoms with E-state index >= 15 is 0 Å². The zero-order valence-electron chi connectivity index (χ0n) is 9.38. The normalized spacial score (nSPS) is 9.11. The van der Waals surface area contributed by atoms with Crippen molar-refractivity contribution in [1.82, 2.24) is 0 Å². The van der Waals surface area contributed by atoms with Crippen LogP contribution in [0.1, 0.15) is 11.2 Å². The van der Waals surface area contributed by atoms with Crippen LogP contribution in [0.15, 0.2) is 0 Å². The molecule has 0 bridgehead atoms. The molecule has 0 aromatic carbocycles. The van der Waals surface area contributed by atoms with Gasteiger partial charge in [0.05, 0.1) is 0 Å². The summed E-state index contributed by atoms with van der Waals surface area (Å²) >= 11 is 0. The minimum Gasteiger partial charge on any atom is -1.00 e. The van der Waals surface area contributed by atoms with E-state index in [-0.39, 0.29) is 158 Å². The fourth-order valence-corrected chi connectivity index (χ4v) is 0. The van der Waals surface area contributed by atoms with Crippen molar-refractivity contribution in [3.05, 3.63) is 0 Å². The average Bonchev–Trinajstić information content (AvgIpc) is 1.36. The predicted molar refractivity (Wildman–Crippen MR) is 22.7 cm³/mol. The molecule has 0 aliphatic carbocycles. The number of carboxylic acids is 1. The van der Waals surface area contributed by atoms with Gasteiger partial charge in [-0.1, -0.05) is 0 Å². The van der Waals surface area contributed by atoms with Gasteiger partial charge in [-0.15, -0.1) is 0 Å². The van der Waals surface area contributed by atoms with E-state index in [4.69, 9.17) is 10.2 Å². The van der Waals surface area contributed by atoms with Crippen molar-refractivity contribution in [2.75, 3.05) is 0 Å². The molecule has 0 aliphatic heterocycles. The number of aliphatic hydroxyl groups excluding tert-OH is 1. The monoisotopic (exact) mass is 210 g/mol. The maximum absolute atomic E-state index is 9.45. The maximum Gasteiger partial charge on any atom is 1.00 e. The van der Waals surface area contributed by atoms with Crippen LogP contribution in [0, 0.1) is 0 Å². The Kier molecular flexibility index (Phi) is 38.4. The van der Waals surface area contributed by atoms with Crippen LogP contribution >= 0.6 is 0 Å². The fraction of sp³-hybridized carbons (Fsp3) is 0.667. The van der Waals surface area contributed by atoms with Crippen LogP contribution in [-0.4, -0.2) is 22.3 Å². The van der Waals surface area contributed by atoms with Crippen molar-refractivity contribution in [2.45, 2.75) is 13.0 Å². The molecule has 0 amide bonds. The molecule has 0 saturated heterocycles. The topological polar surface area (TPSA) is 57.5 Å². The first-order valence-corrected chi connectivity index (χ1v) is 1.55. The van der Waals surface area contributed by atoms with Crippen LogP contribution in [0.25, 0.3) is 0 Å². The number of carboxylic acid groups (broad SMARTS) is 1. The summed E-state index contributed by atoms with van der Waals surface area (Å²) in [5, 5.41) is 15.8. The van der Waals surface area contributed by atoms with Crippen LogP contribution in [0.4, 0.5) is 0 Å². The Morgan fingerprint density at radius 3 is 1.56 bits per heavy atom. The molecular formula is C3H9K3O3. The average molecular weight is 210 g/mol. The van der Waals surface area contributed by atoms with Gasteiger partial charge in [-0.05, 0) is 6.92 Å². The molecule has 6 heteroatoms. The number of hydrogen-bond acceptors (Lipinski definition) is 2. The van der Waals surface area contributed by atoms with Gasteiger partial charge in [0.25, 0.3) is 0 Å². The van der Waals surface area contributed by atoms with Gasteiger partial charge in [-0.2, -0.15) is 0 Å². The Balaban J connectivity index is -0.00000000833. The number of aliphatic carboxylic acids is 1. The summed E-state index contributed by atoms with van der Waals surface area (Å²) in [6.07, 6.45) is -1.23. The Morgan fingerprint density at radius 1 is 1.44 bits per heavy atom. The van der Waals surface area contributed by atoms with Gasteiger partial charge < -0.3 is 14.5 Å². The summed E-state index contributed by atoms with van der Waals surface area (Å²) < 4.78 is 0. The zero-order valence-corrected chi connectivity index (χ0v) is 15.7. The Hall–Kier alpha value is 4.34. The molecule has 0 heterocycles. The smallest absolute Gasteiger partial charge is 1.00 e. The summed E-state index contributed by atoms with van der Waals surface area (Å²) in [6.45, 7) is 1.20. The summed E-state index contributed by atoms with van der Waals surface area (Å²) in [6, 6.07) is 0. The minimum atomic E-state index is -1.23. The third-order valence-corrected chi connectivity index (χ3v) is 0.357. The van der Waals surface area contributed by atoms with Gasteiger partial charge in [0.1, 0.15) is 6.10 Å². The van der Waals surface area contributed by atoms with E-state index in [0.29, 0.717) is 0 Å². The van der Waals surface area contributed by atoms with Crippen LogP contribution in [0.5, 0.6) is 0 Å². The SMILES string of the molecule is CC(O)C(=O)O.[H-].[H-].[H-].[K+].[K+].[K+]. The van der Waals surface area contributed by atoms with Gasteiger partial charge in [-0.25, -0.2) is 4.79 Å². The van der Waals surface area contributed by atoms with E-state index in [0.717, 1.165) is 0 Å². The number of rotatable bonds is 1. The van der Waals surface area contributed by atoms with Gasteiger partial charge in [-0.3, -0.25) is 0 Å². The molecule has 0 saturated carbocycles. The Labute approximate surface area is 186 Å². The largest absolute Gasteiger partial charge is 1.00 e. The molecule has 2 N–H and O–H groups in total. The molecule has 9 heavy (non-hydrogen) atoms. The van der Waals surface area contributed by atoms with Crippen LogP contribution in [-0.2, 0) is 4.79 Å². The number of aliphatic hydroxyl groups is 1. The summed E-state index contributed by atoms with van der Waals surface area (Å²) in [4.78, 5) is 9.45. The molecule has 0 rings (SSSR count). The summed E-state index contributed by atoms with van der Waals surface area (Å²) in [7, 11) is 0. The zero-order chi connectivity index (χ0) is 5.15. The van der Waals surface area contributed by atoms with Crippen molar-refractivity contribution < 1.29 is 173 Å². The van der Waals surface area contributed by atoms with E-state index < -0.39 is 12.1 Å². The predicted octanol–water partition coefficient (Wildman–Crippen LogP) is -9.20. The first kappa shape index (κ1) is 23.3. The van der Waals surface area contributed by atoms with Gasteiger partial charge in [0, 0.05) is 0 Å². The van der Waals surface area contributed by atoms with Crippen molar-refractivity contribution in [1.29, 1.82) is 0 Å². The molecule has 1 atom stereocenters. The van der Waals surface area contributed by atoms with E-state index in [9.17, 15) is 4.79 Å². The third-order valence-electron chi connectivity index (χ3n) is 0.357. The Bertz CT molecular complexity index is 75.1. The van der Waals surface area contributed by atoms with Crippen LogP contribution in [0.2, 0.25) is 0 Å². The molecule has 42 valence electrons. The third kappa shape index (κ3) is 19.0. The van der Waals surface area contributed by atoms with Gasteiger partial charge >= 0.3 is 160 Å². The first-order chi connectivity index (χ1) is 2.64. The standard InChI is InChI=1S/C3H6O3.3K.3H/c1-2(4)3(5)6;;;;;;/h2,4H,1H3,(H,5,6);;;;;;/q;3*+1;3*-1. The molecule has 0 aliphatic rings. The molecule has 0 spiro atoms.